The third-order valence-electron chi connectivity index (χ3n) is 6.06. The maximum absolute atomic E-state index is 6.85. The number of pyridine rings is 1. The Morgan fingerprint density at radius 2 is 1.67 bits per heavy atom. The second kappa shape index (κ2) is 10.8. The van der Waals surface area contributed by atoms with Crippen LogP contribution in [0.25, 0.3) is 10.9 Å². The Hall–Kier alpha value is -3.17. The molecule has 0 unspecified atom stereocenters. The highest BCUT2D eigenvalue weighted by Gasteiger charge is 2.27. The van der Waals surface area contributed by atoms with Gasteiger partial charge in [-0.15, -0.1) is 0 Å². The van der Waals surface area contributed by atoms with Crippen molar-refractivity contribution < 1.29 is 14.2 Å². The molecule has 1 aliphatic heterocycles. The van der Waals surface area contributed by atoms with Gasteiger partial charge in [-0.1, -0.05) is 41.4 Å². The number of hydrogen-bond acceptors (Lipinski definition) is 8. The maximum Gasteiger partial charge on any atom is 0.150 e. The summed E-state index contributed by atoms with van der Waals surface area (Å²) in [6, 6.07) is 13.4. The van der Waals surface area contributed by atoms with Gasteiger partial charge in [0.25, 0.3) is 0 Å². The molecule has 0 N–H and O–H groups in total. The second-order valence-electron chi connectivity index (χ2n) is 8.22. The van der Waals surface area contributed by atoms with Crippen molar-refractivity contribution in [2.45, 2.75) is 6.54 Å². The van der Waals surface area contributed by atoms with E-state index in [0.29, 0.717) is 38.9 Å². The smallest absolute Gasteiger partial charge is 0.150 e. The van der Waals surface area contributed by atoms with Gasteiger partial charge in [0.05, 0.1) is 38.6 Å². The van der Waals surface area contributed by atoms with Gasteiger partial charge < -0.3 is 14.2 Å². The van der Waals surface area contributed by atoms with Crippen LogP contribution in [0.1, 0.15) is 5.56 Å². The largest absolute Gasteiger partial charge is 0.495 e. The van der Waals surface area contributed by atoms with Crippen LogP contribution in [0.3, 0.4) is 0 Å². The Labute approximate surface area is 219 Å². The number of benzene rings is 2. The van der Waals surface area contributed by atoms with E-state index in [-0.39, 0.29) is 0 Å². The van der Waals surface area contributed by atoms with E-state index in [0.717, 1.165) is 49.3 Å². The number of hydrogen-bond donors (Lipinski definition) is 0. The van der Waals surface area contributed by atoms with E-state index in [2.05, 4.69) is 14.9 Å². The summed E-state index contributed by atoms with van der Waals surface area (Å²) >= 11 is 13.7. The molecule has 0 saturated carbocycles. The summed E-state index contributed by atoms with van der Waals surface area (Å²) in [5.74, 6) is 2.00. The second-order valence-corrected chi connectivity index (χ2v) is 8.98. The molecular formula is C26H25Cl2N5O3. The van der Waals surface area contributed by atoms with E-state index in [4.69, 9.17) is 42.4 Å². The van der Waals surface area contributed by atoms with Gasteiger partial charge in [-0.25, -0.2) is 15.0 Å². The van der Waals surface area contributed by atoms with Gasteiger partial charge in [-0.2, -0.15) is 0 Å². The predicted molar refractivity (Wildman–Crippen MR) is 141 cm³/mol. The number of aromatic nitrogens is 3. The first-order valence-electron chi connectivity index (χ1n) is 11.5. The molecule has 0 amide bonds. The van der Waals surface area contributed by atoms with Crippen molar-refractivity contribution in [3.05, 3.63) is 70.6 Å². The minimum atomic E-state index is 0.310. The molecule has 1 saturated heterocycles. The molecule has 36 heavy (non-hydrogen) atoms. The third-order valence-corrected chi connectivity index (χ3v) is 6.79. The normalized spacial score (nSPS) is 14.1. The Morgan fingerprint density at radius 3 is 2.33 bits per heavy atom. The van der Waals surface area contributed by atoms with Crippen LogP contribution in [0, 0.1) is 0 Å². The number of ether oxygens (including phenoxy) is 3. The highest BCUT2D eigenvalue weighted by molar-refractivity contribution is 6.41. The molecule has 0 radical (unpaired) electrons. The average Bonchev–Trinajstić information content (AvgIpc) is 2.92. The Balaban J connectivity index is 1.66. The fourth-order valence-corrected chi connectivity index (χ4v) is 4.90. The quantitative estimate of drug-likeness (QED) is 0.306. The molecule has 2 aromatic carbocycles. The number of morpholine rings is 1. The number of rotatable bonds is 7. The zero-order valence-electron chi connectivity index (χ0n) is 19.9. The van der Waals surface area contributed by atoms with Gasteiger partial charge in [0, 0.05) is 37.3 Å². The lowest BCUT2D eigenvalue weighted by Crippen LogP contribution is -2.35. The van der Waals surface area contributed by atoms with Crippen LogP contribution in [0.2, 0.25) is 10.0 Å². The zero-order valence-corrected chi connectivity index (χ0v) is 21.5. The molecule has 0 spiro atoms. The number of para-hydroxylation sites is 1. The number of methoxy groups -OCH3 is 2. The van der Waals surface area contributed by atoms with Crippen molar-refractivity contribution in [3.63, 3.8) is 0 Å². The van der Waals surface area contributed by atoms with Crippen LogP contribution in [0.5, 0.6) is 11.5 Å². The lowest BCUT2D eigenvalue weighted by molar-refractivity contribution is 0.0341. The summed E-state index contributed by atoms with van der Waals surface area (Å²) in [6.07, 6.45) is 3.37. The van der Waals surface area contributed by atoms with Gasteiger partial charge in [0.2, 0.25) is 0 Å². The van der Waals surface area contributed by atoms with Crippen LogP contribution in [0.4, 0.5) is 17.3 Å². The Bertz CT molecular complexity index is 1330. The molecule has 186 valence electrons. The number of halogens is 2. The minimum Gasteiger partial charge on any atom is -0.495 e. The zero-order chi connectivity index (χ0) is 25.1. The van der Waals surface area contributed by atoms with E-state index in [1.54, 1.807) is 20.3 Å². The standard InChI is InChI=1S/C26H25Cl2N5O3/c1-34-20-13-21(35-2)24(28)25(23(20)27)33(26-18-5-3-4-6-19(18)30-16-31-26)22-8-7-17(14-29-22)15-32-9-11-36-12-10-32/h3-8,13-14,16H,9-12,15H2,1-2H3. The van der Waals surface area contributed by atoms with Crippen molar-refractivity contribution in [1.29, 1.82) is 0 Å². The van der Waals surface area contributed by atoms with Gasteiger partial charge >= 0.3 is 0 Å². The first kappa shape index (κ1) is 24.5. The minimum absolute atomic E-state index is 0.310. The monoisotopic (exact) mass is 525 g/mol. The summed E-state index contributed by atoms with van der Waals surface area (Å²) < 4.78 is 16.5. The Morgan fingerprint density at radius 1 is 0.944 bits per heavy atom. The summed E-state index contributed by atoms with van der Waals surface area (Å²) in [4.78, 5) is 18.0. The van der Waals surface area contributed by atoms with E-state index in [1.807, 2.05) is 47.5 Å². The molecule has 3 heterocycles. The van der Waals surface area contributed by atoms with E-state index in [1.165, 1.54) is 6.33 Å². The number of nitrogens with zero attached hydrogens (tertiary/aromatic N) is 5. The van der Waals surface area contributed by atoms with E-state index >= 15 is 0 Å². The molecule has 5 rings (SSSR count). The maximum atomic E-state index is 6.85. The molecule has 4 aromatic rings. The van der Waals surface area contributed by atoms with Gasteiger partial charge in [-0.3, -0.25) is 9.80 Å². The molecule has 0 aliphatic carbocycles. The summed E-state index contributed by atoms with van der Waals surface area (Å²) in [7, 11) is 3.09. The van der Waals surface area contributed by atoms with Crippen LogP contribution in [-0.2, 0) is 11.3 Å². The lowest BCUT2D eigenvalue weighted by Gasteiger charge is -2.28. The van der Waals surface area contributed by atoms with E-state index in [9.17, 15) is 0 Å². The summed E-state index contributed by atoms with van der Waals surface area (Å²) in [5, 5.41) is 1.43. The van der Waals surface area contributed by atoms with Crippen molar-refractivity contribution in [2.24, 2.45) is 0 Å². The molecule has 1 aliphatic rings. The van der Waals surface area contributed by atoms with Gasteiger partial charge in [0.15, 0.2) is 0 Å². The third kappa shape index (κ3) is 4.77. The summed E-state index contributed by atoms with van der Waals surface area (Å²) in [5.41, 5.74) is 2.32. The number of fused-ring (bicyclic) bond motifs is 1. The van der Waals surface area contributed by atoms with Crippen LogP contribution in [-0.4, -0.2) is 60.4 Å². The molecule has 2 aromatic heterocycles. The van der Waals surface area contributed by atoms with Crippen molar-refractivity contribution >= 4 is 51.4 Å². The molecule has 0 atom stereocenters. The lowest BCUT2D eigenvalue weighted by atomic mass is 10.1. The number of anilines is 3. The van der Waals surface area contributed by atoms with Crippen LogP contribution in [0.15, 0.2) is 55.0 Å². The van der Waals surface area contributed by atoms with Gasteiger partial charge in [0.1, 0.15) is 39.5 Å². The molecular weight excluding hydrogens is 501 g/mol. The van der Waals surface area contributed by atoms with Crippen LogP contribution < -0.4 is 14.4 Å². The highest BCUT2D eigenvalue weighted by Crippen LogP contribution is 2.50. The average molecular weight is 526 g/mol. The fourth-order valence-electron chi connectivity index (χ4n) is 4.23. The molecule has 1 fully saturated rings. The van der Waals surface area contributed by atoms with Crippen molar-refractivity contribution in [2.75, 3.05) is 45.4 Å². The predicted octanol–water partition coefficient (Wildman–Crippen LogP) is 5.65. The SMILES string of the molecule is COc1cc(OC)c(Cl)c(N(c2ccc(CN3CCOCC3)cn2)c2ncnc3ccccc23)c1Cl. The Kier molecular flexibility index (Phi) is 7.38. The summed E-state index contributed by atoms with van der Waals surface area (Å²) in [6.45, 7) is 4.08. The van der Waals surface area contributed by atoms with E-state index < -0.39 is 0 Å². The topological polar surface area (TPSA) is 72.8 Å². The van der Waals surface area contributed by atoms with Crippen LogP contribution >= 0.6 is 23.2 Å². The van der Waals surface area contributed by atoms with Crippen molar-refractivity contribution in [3.8, 4) is 11.5 Å². The molecule has 10 heteroatoms. The fraction of sp³-hybridized carbons (Fsp3) is 0.269. The highest BCUT2D eigenvalue weighted by atomic mass is 35.5. The molecule has 0 bridgehead atoms. The van der Waals surface area contributed by atoms with Gasteiger partial charge in [-0.05, 0) is 23.8 Å². The first-order valence-corrected chi connectivity index (χ1v) is 12.2. The first-order chi connectivity index (χ1) is 17.6. The van der Waals surface area contributed by atoms with Crippen molar-refractivity contribution in [1.82, 2.24) is 19.9 Å². The molecule has 8 nitrogen and oxygen atoms in total.